The molecule has 0 saturated carbocycles. The topological polar surface area (TPSA) is 118 Å². The second-order valence-electron chi connectivity index (χ2n) is 6.52. The van der Waals surface area contributed by atoms with E-state index in [4.69, 9.17) is 5.73 Å². The van der Waals surface area contributed by atoms with Gasteiger partial charge in [-0.3, -0.25) is 20.6 Å². The van der Waals surface area contributed by atoms with Crippen molar-refractivity contribution in [2.75, 3.05) is 16.5 Å². The largest absolute Gasteiger partial charge is 0.393 e. The van der Waals surface area contributed by atoms with Crippen LogP contribution in [0.15, 0.2) is 60.9 Å². The molecule has 150 valence electrons. The summed E-state index contributed by atoms with van der Waals surface area (Å²) in [6.45, 7) is 1.93. The van der Waals surface area contributed by atoms with Gasteiger partial charge in [0.15, 0.2) is 11.6 Å². The lowest BCUT2D eigenvalue weighted by Crippen LogP contribution is -2.30. The fraction of sp³-hybridized carbons (Fsp3) is 0.0476. The first-order chi connectivity index (χ1) is 14.5. The van der Waals surface area contributed by atoms with Gasteiger partial charge < -0.3 is 11.1 Å². The van der Waals surface area contributed by atoms with Crippen molar-refractivity contribution in [1.82, 2.24) is 20.4 Å². The minimum absolute atomic E-state index is 0.217. The van der Waals surface area contributed by atoms with Crippen molar-refractivity contribution < 1.29 is 9.18 Å². The van der Waals surface area contributed by atoms with Crippen molar-refractivity contribution in [2.24, 2.45) is 0 Å². The minimum atomic E-state index is -0.460. The molecule has 0 spiro atoms. The van der Waals surface area contributed by atoms with Crippen LogP contribution in [0.4, 0.5) is 27.4 Å². The third kappa shape index (κ3) is 3.95. The van der Waals surface area contributed by atoms with Crippen LogP contribution in [-0.4, -0.2) is 20.9 Å². The summed E-state index contributed by atoms with van der Waals surface area (Å²) < 4.78 is 13.0. The maximum Gasteiger partial charge on any atom is 0.269 e. The van der Waals surface area contributed by atoms with E-state index in [9.17, 15) is 9.18 Å². The van der Waals surface area contributed by atoms with Gasteiger partial charge in [0.05, 0.1) is 5.52 Å². The average Bonchev–Trinajstić information content (AvgIpc) is 2.74. The first kappa shape index (κ1) is 19.1. The zero-order valence-electron chi connectivity index (χ0n) is 16.0. The highest BCUT2D eigenvalue weighted by Gasteiger charge is 2.12. The number of hydrazine groups is 1. The Kier molecular flexibility index (Phi) is 5.08. The molecule has 8 nitrogen and oxygen atoms in total. The Morgan fingerprint density at radius 2 is 1.77 bits per heavy atom. The summed E-state index contributed by atoms with van der Waals surface area (Å²) in [7, 11) is 0. The van der Waals surface area contributed by atoms with Crippen LogP contribution in [0.5, 0.6) is 0 Å². The van der Waals surface area contributed by atoms with Gasteiger partial charge >= 0.3 is 0 Å². The number of anilines is 4. The van der Waals surface area contributed by atoms with E-state index in [1.807, 2.05) is 37.3 Å². The molecule has 0 fully saturated rings. The van der Waals surface area contributed by atoms with Crippen LogP contribution >= 0.6 is 0 Å². The number of nitrogens with zero attached hydrogens (tertiary/aromatic N) is 3. The van der Waals surface area contributed by atoms with E-state index in [1.54, 1.807) is 0 Å². The van der Waals surface area contributed by atoms with Crippen LogP contribution in [-0.2, 0) is 0 Å². The van der Waals surface area contributed by atoms with Gasteiger partial charge in [0, 0.05) is 22.3 Å². The van der Waals surface area contributed by atoms with Crippen LogP contribution in [0, 0.1) is 12.7 Å². The normalized spacial score (nSPS) is 10.6. The molecule has 0 atom stereocenters. The van der Waals surface area contributed by atoms with Gasteiger partial charge in [-0.05, 0) is 55.5 Å². The highest BCUT2D eigenvalue weighted by molar-refractivity contribution is 5.96. The molecule has 9 heteroatoms. The lowest BCUT2D eigenvalue weighted by Gasteiger charge is -2.14. The molecule has 4 aromatic rings. The molecule has 30 heavy (non-hydrogen) atoms. The van der Waals surface area contributed by atoms with Gasteiger partial charge in [-0.2, -0.15) is 0 Å². The zero-order chi connectivity index (χ0) is 21.1. The predicted octanol–water partition coefficient (Wildman–Crippen LogP) is 3.56. The van der Waals surface area contributed by atoms with Crippen molar-refractivity contribution in [1.29, 1.82) is 0 Å². The number of halogens is 1. The van der Waals surface area contributed by atoms with Crippen molar-refractivity contribution in [3.8, 4) is 0 Å². The number of aromatic nitrogens is 3. The van der Waals surface area contributed by atoms with Crippen LogP contribution in [0.3, 0.4) is 0 Å². The first-order valence-electron chi connectivity index (χ1n) is 9.07. The van der Waals surface area contributed by atoms with Gasteiger partial charge in [-0.25, -0.2) is 14.4 Å². The Hall–Kier alpha value is -4.27. The van der Waals surface area contributed by atoms with E-state index in [1.165, 1.54) is 30.6 Å². The molecule has 2 heterocycles. The van der Waals surface area contributed by atoms with Crippen molar-refractivity contribution >= 4 is 39.8 Å². The summed E-state index contributed by atoms with van der Waals surface area (Å²) in [5.41, 5.74) is 14.4. The molecule has 2 aromatic heterocycles. The number of nitrogens with two attached hydrogens (primary N) is 1. The van der Waals surface area contributed by atoms with Gasteiger partial charge in [0.25, 0.3) is 5.91 Å². The van der Waals surface area contributed by atoms with E-state index in [-0.39, 0.29) is 17.1 Å². The number of aryl methyl sites for hydroxylation is 1. The molecule has 1 amide bonds. The molecule has 5 N–H and O–H groups in total. The van der Waals surface area contributed by atoms with Crippen LogP contribution in [0.25, 0.3) is 10.9 Å². The number of fused-ring (bicyclic) bond motifs is 1. The zero-order valence-corrected chi connectivity index (χ0v) is 16.0. The van der Waals surface area contributed by atoms with E-state index in [0.717, 1.165) is 22.3 Å². The second-order valence-corrected chi connectivity index (χ2v) is 6.52. The lowest BCUT2D eigenvalue weighted by molar-refractivity contribution is 0.0962. The second kappa shape index (κ2) is 8.00. The fourth-order valence-corrected chi connectivity index (χ4v) is 2.88. The summed E-state index contributed by atoms with van der Waals surface area (Å²) >= 11 is 0. The quantitative estimate of drug-likeness (QED) is 0.376. The predicted molar refractivity (Wildman–Crippen MR) is 114 cm³/mol. The summed E-state index contributed by atoms with van der Waals surface area (Å²) in [6.07, 6.45) is 1.32. The third-order valence-electron chi connectivity index (χ3n) is 4.41. The molecule has 0 bridgehead atoms. The SMILES string of the molecule is Cc1ccc2c(Nc3ncnc(NNC(=O)c4ccc(F)cc4)c3N)cccc2n1. The smallest absolute Gasteiger partial charge is 0.269 e. The molecule has 0 unspecified atom stereocenters. The third-order valence-corrected chi connectivity index (χ3v) is 4.41. The number of carbonyl (C=O) groups is 1. The number of amides is 1. The molecule has 0 aliphatic carbocycles. The summed E-state index contributed by atoms with van der Waals surface area (Å²) in [5, 5.41) is 4.11. The maximum atomic E-state index is 13.0. The minimum Gasteiger partial charge on any atom is -0.393 e. The van der Waals surface area contributed by atoms with Crippen molar-refractivity contribution in [3.05, 3.63) is 78.0 Å². The van der Waals surface area contributed by atoms with Gasteiger partial charge in [-0.15, -0.1) is 0 Å². The Labute approximate surface area is 171 Å². The lowest BCUT2D eigenvalue weighted by atomic mass is 10.1. The van der Waals surface area contributed by atoms with Gasteiger partial charge in [0.2, 0.25) is 0 Å². The number of pyridine rings is 1. The Balaban J connectivity index is 1.53. The monoisotopic (exact) mass is 403 g/mol. The standard InChI is InChI=1S/C21H18FN7O/c1-12-5-10-15-16(26-12)3-2-4-17(15)27-19-18(23)20(25-11-24-19)28-29-21(30)13-6-8-14(22)9-7-13/h2-11H,23H2,1H3,(H,29,30)(H2,24,25,27,28). The van der Waals surface area contributed by atoms with Gasteiger partial charge in [-0.1, -0.05) is 6.07 Å². The molecule has 2 aromatic carbocycles. The summed E-state index contributed by atoms with van der Waals surface area (Å²) in [4.78, 5) is 25.0. The van der Waals surface area contributed by atoms with Crippen LogP contribution in [0.1, 0.15) is 16.1 Å². The summed E-state index contributed by atoms with van der Waals surface area (Å²) in [6, 6.07) is 14.8. The molecule has 0 radical (unpaired) electrons. The Morgan fingerprint density at radius 1 is 1.00 bits per heavy atom. The van der Waals surface area contributed by atoms with Crippen molar-refractivity contribution in [3.63, 3.8) is 0 Å². The number of carbonyl (C=O) groups excluding carboxylic acids is 1. The van der Waals surface area contributed by atoms with Crippen molar-refractivity contribution in [2.45, 2.75) is 6.92 Å². The Bertz CT molecular complexity index is 1230. The Morgan fingerprint density at radius 3 is 2.57 bits per heavy atom. The number of benzene rings is 2. The molecule has 4 rings (SSSR count). The van der Waals surface area contributed by atoms with E-state index < -0.39 is 11.7 Å². The average molecular weight is 403 g/mol. The number of rotatable bonds is 5. The van der Waals surface area contributed by atoms with Gasteiger partial charge in [0.1, 0.15) is 17.8 Å². The number of nitrogens with one attached hydrogen (secondary N) is 3. The van der Waals surface area contributed by atoms with Crippen LogP contribution in [0.2, 0.25) is 0 Å². The first-order valence-corrected chi connectivity index (χ1v) is 9.07. The molecule has 0 aliphatic rings. The van der Waals surface area contributed by atoms with E-state index >= 15 is 0 Å². The van der Waals surface area contributed by atoms with E-state index in [2.05, 4.69) is 31.1 Å². The highest BCUT2D eigenvalue weighted by Crippen LogP contribution is 2.29. The molecule has 0 saturated heterocycles. The number of hydrogen-bond acceptors (Lipinski definition) is 7. The highest BCUT2D eigenvalue weighted by atomic mass is 19.1. The molecule has 0 aliphatic heterocycles. The molecular formula is C21H18FN7O. The maximum absolute atomic E-state index is 13.0. The number of nitrogen functional groups attached to an aromatic ring is 1. The molecular weight excluding hydrogens is 385 g/mol. The fourth-order valence-electron chi connectivity index (χ4n) is 2.88. The van der Waals surface area contributed by atoms with Crippen LogP contribution < -0.4 is 21.9 Å². The summed E-state index contributed by atoms with van der Waals surface area (Å²) in [5.74, 6) is -0.291. The van der Waals surface area contributed by atoms with E-state index in [0.29, 0.717) is 5.82 Å². The number of hydrogen-bond donors (Lipinski definition) is 4.